The van der Waals surface area contributed by atoms with Crippen molar-refractivity contribution in [3.8, 4) is 11.5 Å². The Morgan fingerprint density at radius 3 is 2.62 bits per heavy atom. The predicted molar refractivity (Wildman–Crippen MR) is 121 cm³/mol. The average Bonchev–Trinajstić information content (AvgIpc) is 3.33. The summed E-state index contributed by atoms with van der Waals surface area (Å²) in [5.74, 6) is 3.51. The molecule has 1 saturated heterocycles. The van der Waals surface area contributed by atoms with Gasteiger partial charge < -0.3 is 20.1 Å². The lowest BCUT2D eigenvalue weighted by atomic mass is 9.84. The molecule has 32 heavy (non-hydrogen) atoms. The molecule has 2 amide bonds. The summed E-state index contributed by atoms with van der Waals surface area (Å²) in [6.45, 7) is 0.779. The molecule has 1 spiro atoms. The number of carbonyl (C=O) groups is 2. The van der Waals surface area contributed by atoms with Gasteiger partial charge >= 0.3 is 0 Å². The largest absolute Gasteiger partial charge is 0.493 e. The number of benzene rings is 1. The Labute approximate surface area is 190 Å². The zero-order valence-corrected chi connectivity index (χ0v) is 19.1. The fraction of sp³-hybridized carbons (Fsp3) is 0.615. The Morgan fingerprint density at radius 1 is 1.16 bits per heavy atom. The van der Waals surface area contributed by atoms with E-state index in [0.29, 0.717) is 54.4 Å². The van der Waals surface area contributed by atoms with E-state index < -0.39 is 0 Å². The molecule has 0 radical (unpaired) electrons. The maximum Gasteiger partial charge on any atom is 0.220 e. The number of nitrogens with one attached hydrogen (secondary N) is 2. The Balaban J connectivity index is 1.18. The molecule has 1 aromatic rings. The van der Waals surface area contributed by atoms with Crippen molar-refractivity contribution in [1.82, 2.24) is 10.6 Å². The maximum absolute atomic E-state index is 12.7. The fourth-order valence-electron chi connectivity index (χ4n) is 6.61. The van der Waals surface area contributed by atoms with Crippen LogP contribution in [0.1, 0.15) is 50.5 Å². The number of ether oxygens (including phenoxy) is 2. The molecule has 0 aromatic heterocycles. The van der Waals surface area contributed by atoms with E-state index in [1.54, 1.807) is 14.2 Å². The molecule has 2 bridgehead atoms. The van der Waals surface area contributed by atoms with Crippen LogP contribution in [0.15, 0.2) is 30.4 Å². The predicted octanol–water partition coefficient (Wildman–Crippen LogP) is 3.39. The smallest absolute Gasteiger partial charge is 0.220 e. The molecule has 3 aliphatic carbocycles. The molecule has 0 unspecified atom stereocenters. The van der Waals surface area contributed by atoms with Crippen molar-refractivity contribution in [2.24, 2.45) is 23.2 Å². The first-order chi connectivity index (χ1) is 15.5. The van der Waals surface area contributed by atoms with E-state index >= 15 is 0 Å². The lowest BCUT2D eigenvalue weighted by Crippen LogP contribution is -2.44. The summed E-state index contributed by atoms with van der Waals surface area (Å²) in [6.07, 6.45) is 11.8. The normalized spacial score (nSPS) is 31.1. The number of methoxy groups -OCH3 is 2. The first-order valence-electron chi connectivity index (χ1n) is 11.9. The summed E-state index contributed by atoms with van der Waals surface area (Å²) in [5, 5.41) is 6.38. The van der Waals surface area contributed by atoms with Gasteiger partial charge in [-0.05, 0) is 79.4 Å². The molecule has 172 valence electrons. The third kappa shape index (κ3) is 3.78. The van der Waals surface area contributed by atoms with Gasteiger partial charge in [0.1, 0.15) is 0 Å². The molecule has 4 atom stereocenters. The molecule has 5 rings (SSSR count). The van der Waals surface area contributed by atoms with Crippen molar-refractivity contribution in [2.75, 3.05) is 20.8 Å². The monoisotopic (exact) mass is 438 g/mol. The molecule has 6 heteroatoms. The van der Waals surface area contributed by atoms with Gasteiger partial charge in [0, 0.05) is 24.9 Å². The van der Waals surface area contributed by atoms with Gasteiger partial charge in [-0.15, -0.1) is 0 Å². The first-order valence-corrected chi connectivity index (χ1v) is 11.9. The van der Waals surface area contributed by atoms with Crippen LogP contribution in [0, 0.1) is 23.2 Å². The lowest BCUT2D eigenvalue weighted by molar-refractivity contribution is -0.123. The van der Waals surface area contributed by atoms with Crippen LogP contribution in [0.3, 0.4) is 0 Å². The quantitative estimate of drug-likeness (QED) is 0.580. The van der Waals surface area contributed by atoms with Crippen LogP contribution in [0.25, 0.3) is 0 Å². The Bertz CT molecular complexity index is 938. The SMILES string of the molecule is COc1ccc(C[C@@]2(CCC(=O)NC[C@@H]3C[C@H]4C=C[C@H]3C43CC3)CCC(=O)N2)cc1OC. The van der Waals surface area contributed by atoms with E-state index in [-0.39, 0.29) is 17.4 Å². The molecular formula is C26H34N2O4. The second-order valence-corrected chi connectivity index (χ2v) is 10.2. The van der Waals surface area contributed by atoms with Gasteiger partial charge in [-0.3, -0.25) is 9.59 Å². The van der Waals surface area contributed by atoms with E-state index in [4.69, 9.17) is 9.47 Å². The van der Waals surface area contributed by atoms with Gasteiger partial charge in [-0.1, -0.05) is 18.2 Å². The highest BCUT2D eigenvalue weighted by Gasteiger charge is 2.62. The van der Waals surface area contributed by atoms with Crippen molar-refractivity contribution in [1.29, 1.82) is 0 Å². The minimum Gasteiger partial charge on any atom is -0.493 e. The molecule has 3 fully saturated rings. The van der Waals surface area contributed by atoms with E-state index in [1.807, 2.05) is 18.2 Å². The number of amides is 2. The molecule has 1 aromatic carbocycles. The minimum atomic E-state index is -0.388. The second-order valence-electron chi connectivity index (χ2n) is 10.2. The summed E-state index contributed by atoms with van der Waals surface area (Å²) < 4.78 is 10.8. The Morgan fingerprint density at radius 2 is 1.97 bits per heavy atom. The van der Waals surface area contributed by atoms with Crippen LogP contribution in [0.5, 0.6) is 11.5 Å². The molecule has 1 aliphatic heterocycles. The van der Waals surface area contributed by atoms with Crippen molar-refractivity contribution in [2.45, 2.75) is 56.9 Å². The van der Waals surface area contributed by atoms with E-state index in [9.17, 15) is 9.59 Å². The number of hydrogen-bond acceptors (Lipinski definition) is 4. The topological polar surface area (TPSA) is 76.7 Å². The Hall–Kier alpha value is -2.50. The van der Waals surface area contributed by atoms with Crippen LogP contribution < -0.4 is 20.1 Å². The zero-order chi connectivity index (χ0) is 22.3. The third-order valence-electron chi connectivity index (χ3n) is 8.46. The third-order valence-corrected chi connectivity index (χ3v) is 8.46. The van der Waals surface area contributed by atoms with Gasteiger partial charge in [0.05, 0.1) is 14.2 Å². The van der Waals surface area contributed by atoms with Crippen LogP contribution in [-0.2, 0) is 16.0 Å². The summed E-state index contributed by atoms with van der Waals surface area (Å²) in [6, 6.07) is 5.85. The standard InChI is InChI=1S/C26H34N2O4/c1-31-21-6-3-17(13-22(21)32-2)15-25(10-8-24(30)28-25)9-7-23(29)27-16-18-14-19-4-5-20(18)26(19)11-12-26/h3-6,13,18-20H,7-12,14-16H2,1-2H3,(H,27,29)(H,28,30)/t18-,19+,20+,25+/m0/s1. The highest BCUT2D eigenvalue weighted by Crippen LogP contribution is 2.69. The molecule has 4 aliphatic rings. The van der Waals surface area contributed by atoms with E-state index in [0.717, 1.165) is 24.4 Å². The van der Waals surface area contributed by atoms with E-state index in [1.165, 1.54) is 19.3 Å². The van der Waals surface area contributed by atoms with Crippen LogP contribution in [-0.4, -0.2) is 38.1 Å². The zero-order valence-electron chi connectivity index (χ0n) is 19.1. The van der Waals surface area contributed by atoms with Gasteiger partial charge in [0.15, 0.2) is 11.5 Å². The van der Waals surface area contributed by atoms with Gasteiger partial charge in [-0.2, -0.15) is 0 Å². The van der Waals surface area contributed by atoms with E-state index in [2.05, 4.69) is 22.8 Å². The highest BCUT2D eigenvalue weighted by atomic mass is 16.5. The Kier molecular flexibility index (Phi) is 5.42. The van der Waals surface area contributed by atoms with Crippen LogP contribution >= 0.6 is 0 Å². The van der Waals surface area contributed by atoms with Crippen molar-refractivity contribution in [3.05, 3.63) is 35.9 Å². The summed E-state index contributed by atoms with van der Waals surface area (Å²) in [4.78, 5) is 24.8. The van der Waals surface area contributed by atoms with Gasteiger partial charge in [-0.25, -0.2) is 0 Å². The van der Waals surface area contributed by atoms with Crippen molar-refractivity contribution in [3.63, 3.8) is 0 Å². The lowest BCUT2D eigenvalue weighted by Gasteiger charge is -2.30. The first kappa shape index (κ1) is 21.4. The van der Waals surface area contributed by atoms with Crippen LogP contribution in [0.4, 0.5) is 0 Å². The molecule has 6 nitrogen and oxygen atoms in total. The maximum atomic E-state index is 12.7. The average molecular weight is 439 g/mol. The molecule has 2 saturated carbocycles. The summed E-state index contributed by atoms with van der Waals surface area (Å²) in [7, 11) is 3.24. The highest BCUT2D eigenvalue weighted by molar-refractivity contribution is 5.80. The summed E-state index contributed by atoms with van der Waals surface area (Å²) >= 11 is 0. The number of rotatable bonds is 9. The van der Waals surface area contributed by atoms with Crippen molar-refractivity contribution < 1.29 is 19.1 Å². The fourth-order valence-corrected chi connectivity index (χ4v) is 6.61. The minimum absolute atomic E-state index is 0.0642. The van der Waals surface area contributed by atoms with Crippen LogP contribution in [0.2, 0.25) is 0 Å². The van der Waals surface area contributed by atoms with Gasteiger partial charge in [0.25, 0.3) is 0 Å². The number of carbonyl (C=O) groups excluding carboxylic acids is 2. The van der Waals surface area contributed by atoms with Crippen molar-refractivity contribution >= 4 is 11.8 Å². The number of hydrogen-bond donors (Lipinski definition) is 2. The second kappa shape index (κ2) is 8.13. The molecule has 1 heterocycles. The van der Waals surface area contributed by atoms with Gasteiger partial charge in [0.2, 0.25) is 11.8 Å². The molecule has 2 N–H and O–H groups in total. The molecular weight excluding hydrogens is 404 g/mol. The summed E-state index contributed by atoms with van der Waals surface area (Å²) in [5.41, 5.74) is 1.24. The number of allylic oxidation sites excluding steroid dienone is 2.